The van der Waals surface area contributed by atoms with Crippen LogP contribution in [0, 0.1) is 0 Å². The first-order chi connectivity index (χ1) is 5.80. The number of hydrogen-bond donors (Lipinski definition) is 1. The predicted molar refractivity (Wildman–Crippen MR) is 38.3 cm³/mol. The molecule has 0 atom stereocenters. The fourth-order valence-electron chi connectivity index (χ4n) is 2.41. The number of aliphatic hydroxyl groups is 1. The highest BCUT2D eigenvalue weighted by Gasteiger charge is 2.54. The predicted octanol–water partition coefficient (Wildman–Crippen LogP) is -0.000800. The zero-order chi connectivity index (χ0) is 8.18. The van der Waals surface area contributed by atoms with Gasteiger partial charge in [-0.1, -0.05) is 0 Å². The summed E-state index contributed by atoms with van der Waals surface area (Å²) in [4.78, 5) is 0. The second-order valence-electron chi connectivity index (χ2n) is 3.77. The number of hydrogen-bond acceptors (Lipinski definition) is 4. The zero-order valence-electron chi connectivity index (χ0n) is 6.73. The van der Waals surface area contributed by atoms with Crippen molar-refractivity contribution in [3.05, 3.63) is 0 Å². The quantitative estimate of drug-likeness (QED) is 0.604. The van der Waals surface area contributed by atoms with Crippen molar-refractivity contribution in [3.8, 4) is 0 Å². The molecule has 1 N–H and O–H groups in total. The Morgan fingerprint density at radius 1 is 1.00 bits per heavy atom. The van der Waals surface area contributed by atoms with Gasteiger partial charge in [0.2, 0.25) is 0 Å². The summed E-state index contributed by atoms with van der Waals surface area (Å²) < 4.78 is 16.4. The molecule has 0 spiro atoms. The van der Waals surface area contributed by atoms with Crippen LogP contribution in [0.4, 0.5) is 0 Å². The van der Waals surface area contributed by atoms with E-state index in [1.54, 1.807) is 0 Å². The fraction of sp³-hybridized carbons (Fsp3) is 1.00. The van der Waals surface area contributed by atoms with Gasteiger partial charge in [0.15, 0.2) is 0 Å². The standard InChI is InChI=1S/C8H12O4/c9-4-8-10-5-1-6(11-8)3-7(2-5)12-8/h5-7,9H,1-4H2. The van der Waals surface area contributed by atoms with Crippen LogP contribution in [0.25, 0.3) is 0 Å². The molecule has 0 unspecified atom stereocenters. The van der Waals surface area contributed by atoms with Gasteiger partial charge in [-0.05, 0) is 0 Å². The SMILES string of the molecule is OCC12OC3CC(CC(C3)O1)O2. The Morgan fingerprint density at radius 3 is 1.75 bits per heavy atom. The molecule has 0 aromatic heterocycles. The molecule has 0 amide bonds. The zero-order valence-corrected chi connectivity index (χ0v) is 6.73. The monoisotopic (exact) mass is 172 g/mol. The molecule has 0 aromatic carbocycles. The van der Waals surface area contributed by atoms with Gasteiger partial charge in [0.05, 0.1) is 18.3 Å². The molecule has 3 heterocycles. The summed E-state index contributed by atoms with van der Waals surface area (Å²) >= 11 is 0. The molecule has 3 aliphatic heterocycles. The van der Waals surface area contributed by atoms with Crippen molar-refractivity contribution in [2.24, 2.45) is 0 Å². The Hall–Kier alpha value is -0.160. The second kappa shape index (κ2) is 2.20. The average Bonchev–Trinajstić information content (AvgIpc) is 2.02. The van der Waals surface area contributed by atoms with E-state index in [0.717, 1.165) is 19.3 Å². The molecule has 0 radical (unpaired) electrons. The third-order valence-electron chi connectivity index (χ3n) is 2.81. The Labute approximate surface area is 70.4 Å². The minimum Gasteiger partial charge on any atom is -0.388 e. The summed E-state index contributed by atoms with van der Waals surface area (Å²) in [5, 5.41) is 9.06. The van der Waals surface area contributed by atoms with Crippen molar-refractivity contribution in [3.63, 3.8) is 0 Å². The number of ether oxygens (including phenoxy) is 3. The van der Waals surface area contributed by atoms with Gasteiger partial charge >= 0.3 is 5.97 Å². The lowest BCUT2D eigenvalue weighted by molar-refractivity contribution is -0.499. The third-order valence-corrected chi connectivity index (χ3v) is 2.81. The Bertz CT molecular complexity index is 168. The van der Waals surface area contributed by atoms with Gasteiger partial charge in [-0.15, -0.1) is 0 Å². The first-order valence-electron chi connectivity index (χ1n) is 4.44. The molecule has 4 bridgehead atoms. The van der Waals surface area contributed by atoms with Crippen LogP contribution < -0.4 is 0 Å². The van der Waals surface area contributed by atoms with Crippen LogP contribution in [-0.4, -0.2) is 36.0 Å². The smallest absolute Gasteiger partial charge is 0.308 e. The van der Waals surface area contributed by atoms with Gasteiger partial charge in [0, 0.05) is 19.3 Å². The molecule has 4 fully saturated rings. The minimum absolute atomic E-state index is 0.198. The lowest BCUT2D eigenvalue weighted by Crippen LogP contribution is -2.63. The van der Waals surface area contributed by atoms with Crippen molar-refractivity contribution in [1.82, 2.24) is 0 Å². The van der Waals surface area contributed by atoms with Crippen LogP contribution in [0.15, 0.2) is 0 Å². The molecule has 68 valence electrons. The molecular weight excluding hydrogens is 160 g/mol. The van der Waals surface area contributed by atoms with E-state index in [-0.39, 0.29) is 24.9 Å². The van der Waals surface area contributed by atoms with E-state index >= 15 is 0 Å². The van der Waals surface area contributed by atoms with Gasteiger partial charge in [0.1, 0.15) is 6.61 Å². The molecule has 12 heavy (non-hydrogen) atoms. The van der Waals surface area contributed by atoms with E-state index < -0.39 is 5.97 Å². The van der Waals surface area contributed by atoms with E-state index in [4.69, 9.17) is 19.3 Å². The topological polar surface area (TPSA) is 47.9 Å². The molecule has 3 saturated heterocycles. The van der Waals surface area contributed by atoms with E-state index in [0.29, 0.717) is 0 Å². The summed E-state index contributed by atoms with van der Waals surface area (Å²) in [6, 6.07) is 0. The molecular formula is C8H12O4. The first kappa shape index (κ1) is 7.26. The van der Waals surface area contributed by atoms with E-state index in [1.165, 1.54) is 0 Å². The fourth-order valence-corrected chi connectivity index (χ4v) is 2.41. The van der Waals surface area contributed by atoms with Crippen LogP contribution in [0.3, 0.4) is 0 Å². The average molecular weight is 172 g/mol. The summed E-state index contributed by atoms with van der Waals surface area (Å²) in [6.45, 7) is -0.198. The molecule has 1 saturated carbocycles. The van der Waals surface area contributed by atoms with Gasteiger partial charge in [0.25, 0.3) is 0 Å². The summed E-state index contributed by atoms with van der Waals surface area (Å²) in [5.74, 6) is -1.10. The van der Waals surface area contributed by atoms with Crippen molar-refractivity contribution >= 4 is 0 Å². The third kappa shape index (κ3) is 0.864. The Balaban J connectivity index is 1.90. The first-order valence-corrected chi connectivity index (χ1v) is 4.44. The van der Waals surface area contributed by atoms with Crippen LogP contribution in [0.1, 0.15) is 19.3 Å². The molecule has 4 nitrogen and oxygen atoms in total. The highest BCUT2D eigenvalue weighted by molar-refractivity contribution is 4.91. The van der Waals surface area contributed by atoms with Crippen LogP contribution in [0.5, 0.6) is 0 Å². The molecule has 1 aliphatic carbocycles. The molecule has 0 aromatic rings. The van der Waals surface area contributed by atoms with E-state index in [9.17, 15) is 0 Å². The number of aliphatic hydroxyl groups excluding tert-OH is 1. The number of rotatable bonds is 1. The molecule has 4 heteroatoms. The Morgan fingerprint density at radius 2 is 1.42 bits per heavy atom. The maximum Gasteiger partial charge on any atom is 0.308 e. The van der Waals surface area contributed by atoms with Crippen molar-refractivity contribution in [1.29, 1.82) is 0 Å². The van der Waals surface area contributed by atoms with Crippen molar-refractivity contribution in [2.75, 3.05) is 6.61 Å². The summed E-state index contributed by atoms with van der Waals surface area (Å²) in [5.41, 5.74) is 0. The summed E-state index contributed by atoms with van der Waals surface area (Å²) in [7, 11) is 0. The van der Waals surface area contributed by atoms with Gasteiger partial charge in [-0.25, -0.2) is 0 Å². The van der Waals surface area contributed by atoms with Crippen molar-refractivity contribution < 1.29 is 19.3 Å². The van der Waals surface area contributed by atoms with Gasteiger partial charge in [-0.3, -0.25) is 0 Å². The second-order valence-corrected chi connectivity index (χ2v) is 3.77. The highest BCUT2D eigenvalue weighted by Crippen LogP contribution is 2.44. The van der Waals surface area contributed by atoms with Crippen molar-refractivity contribution in [2.45, 2.75) is 43.5 Å². The normalized spacial score (nSPS) is 56.2. The maximum absolute atomic E-state index is 9.06. The Kier molecular flexibility index (Phi) is 1.33. The summed E-state index contributed by atoms with van der Waals surface area (Å²) in [6.07, 6.45) is 3.60. The van der Waals surface area contributed by atoms with Crippen LogP contribution in [0.2, 0.25) is 0 Å². The van der Waals surface area contributed by atoms with Crippen LogP contribution >= 0.6 is 0 Å². The highest BCUT2D eigenvalue weighted by atomic mass is 16.9. The lowest BCUT2D eigenvalue weighted by Gasteiger charge is -2.54. The van der Waals surface area contributed by atoms with E-state index in [2.05, 4.69) is 0 Å². The van der Waals surface area contributed by atoms with Gasteiger partial charge in [-0.2, -0.15) is 0 Å². The molecule has 4 rings (SSSR count). The maximum atomic E-state index is 9.06. The largest absolute Gasteiger partial charge is 0.388 e. The van der Waals surface area contributed by atoms with E-state index in [1.807, 2.05) is 0 Å². The molecule has 4 aliphatic rings. The van der Waals surface area contributed by atoms with Crippen LogP contribution in [-0.2, 0) is 14.2 Å². The lowest BCUT2D eigenvalue weighted by atomic mass is 9.89. The minimum atomic E-state index is -1.10. The van der Waals surface area contributed by atoms with Gasteiger partial charge < -0.3 is 19.3 Å².